The average Bonchev–Trinajstić information content (AvgIpc) is 3.45. The van der Waals surface area contributed by atoms with Gasteiger partial charge in [-0.15, -0.1) is 11.3 Å². The monoisotopic (exact) mass is 512 g/mol. The van der Waals surface area contributed by atoms with Crippen LogP contribution in [0.4, 0.5) is 0 Å². The molecule has 0 saturated carbocycles. The zero-order valence-corrected chi connectivity index (χ0v) is 21.4. The summed E-state index contributed by atoms with van der Waals surface area (Å²) in [6.45, 7) is 8.39. The van der Waals surface area contributed by atoms with Gasteiger partial charge in [0.25, 0.3) is 0 Å². The number of β-amino-alcohol motifs (C(OH)–C–C–N with tert-alkyl or cyclic N) is 1. The third-order valence-corrected chi connectivity index (χ3v) is 7.57. The molecule has 7 nitrogen and oxygen atoms in total. The maximum Gasteiger partial charge on any atom is 0.168 e. The zero-order valence-electron chi connectivity index (χ0n) is 19.9. The van der Waals surface area contributed by atoms with Gasteiger partial charge in [0.2, 0.25) is 0 Å². The van der Waals surface area contributed by atoms with Crippen LogP contribution in [0.1, 0.15) is 17.6 Å². The Kier molecular flexibility index (Phi) is 7.36. The van der Waals surface area contributed by atoms with E-state index < -0.39 is 6.10 Å². The summed E-state index contributed by atoms with van der Waals surface area (Å²) >= 11 is 7.96. The normalized spacial score (nSPS) is 18.2. The van der Waals surface area contributed by atoms with Crippen LogP contribution in [-0.2, 0) is 6.54 Å². The Morgan fingerprint density at radius 3 is 2.91 bits per heavy atom. The van der Waals surface area contributed by atoms with Crippen LogP contribution in [0.2, 0.25) is 5.02 Å². The van der Waals surface area contributed by atoms with Gasteiger partial charge in [-0.05, 0) is 38.1 Å². The van der Waals surface area contributed by atoms with Crippen molar-refractivity contribution in [2.24, 2.45) is 0 Å². The maximum absolute atomic E-state index is 10.6. The van der Waals surface area contributed by atoms with E-state index in [1.165, 1.54) is 0 Å². The second kappa shape index (κ2) is 10.6. The van der Waals surface area contributed by atoms with Gasteiger partial charge in [0.1, 0.15) is 18.5 Å². The number of rotatable bonds is 8. The lowest BCUT2D eigenvalue weighted by molar-refractivity contribution is 0.0250. The van der Waals surface area contributed by atoms with E-state index in [9.17, 15) is 5.11 Å². The molecule has 3 heterocycles. The van der Waals surface area contributed by atoms with Gasteiger partial charge in [0, 0.05) is 56.5 Å². The number of fused-ring (bicyclic) bond motifs is 1. The highest BCUT2D eigenvalue weighted by Crippen LogP contribution is 2.29. The second-order valence-corrected chi connectivity index (χ2v) is 10.7. The van der Waals surface area contributed by atoms with Gasteiger partial charge in [-0.2, -0.15) is 0 Å². The lowest BCUT2D eigenvalue weighted by Crippen LogP contribution is -2.53. The van der Waals surface area contributed by atoms with E-state index in [1.54, 1.807) is 11.3 Å². The van der Waals surface area contributed by atoms with Crippen molar-refractivity contribution in [1.29, 1.82) is 0 Å². The van der Waals surface area contributed by atoms with Gasteiger partial charge in [-0.3, -0.25) is 9.80 Å². The SMILES string of the molecule is Cc1nc2cc(OC[C@H](O)CN3CCN(Cc4cc(-c5ccccc5Cl)on4)[C@@H](C)C3)ccc2s1. The predicted octanol–water partition coefficient (Wildman–Crippen LogP) is 4.86. The Morgan fingerprint density at radius 2 is 2.09 bits per heavy atom. The predicted molar refractivity (Wildman–Crippen MR) is 139 cm³/mol. The molecule has 184 valence electrons. The number of ether oxygens (including phenoxy) is 1. The van der Waals surface area contributed by atoms with E-state index in [1.807, 2.05) is 55.5 Å². The largest absolute Gasteiger partial charge is 0.491 e. The Labute approximate surface area is 213 Å². The number of halogens is 1. The van der Waals surface area contributed by atoms with Crippen molar-refractivity contribution in [3.05, 3.63) is 64.3 Å². The van der Waals surface area contributed by atoms with E-state index in [-0.39, 0.29) is 6.61 Å². The molecule has 0 aliphatic carbocycles. The fourth-order valence-corrected chi connectivity index (χ4v) is 5.55. The van der Waals surface area contributed by atoms with Crippen molar-refractivity contribution in [2.75, 3.05) is 32.8 Å². The molecule has 9 heteroatoms. The van der Waals surface area contributed by atoms with Crippen molar-refractivity contribution in [3.8, 4) is 17.1 Å². The summed E-state index contributed by atoms with van der Waals surface area (Å²) in [6.07, 6.45) is -0.560. The van der Waals surface area contributed by atoms with E-state index >= 15 is 0 Å². The van der Waals surface area contributed by atoms with E-state index in [0.717, 1.165) is 51.9 Å². The zero-order chi connectivity index (χ0) is 24.4. The van der Waals surface area contributed by atoms with Crippen molar-refractivity contribution in [3.63, 3.8) is 0 Å². The maximum atomic E-state index is 10.6. The second-order valence-electron chi connectivity index (χ2n) is 9.07. The molecule has 0 bridgehead atoms. The van der Waals surface area contributed by atoms with Crippen molar-refractivity contribution >= 4 is 33.2 Å². The minimum absolute atomic E-state index is 0.257. The number of aryl methyl sites for hydroxylation is 1. The van der Waals surface area contributed by atoms with Gasteiger partial charge in [-0.25, -0.2) is 4.98 Å². The van der Waals surface area contributed by atoms with Crippen LogP contribution in [0.3, 0.4) is 0 Å². The van der Waals surface area contributed by atoms with Gasteiger partial charge in [0.15, 0.2) is 5.76 Å². The van der Waals surface area contributed by atoms with E-state index in [4.69, 9.17) is 20.9 Å². The Bertz CT molecular complexity index is 1290. The molecule has 1 fully saturated rings. The van der Waals surface area contributed by atoms with Crippen molar-refractivity contribution in [1.82, 2.24) is 19.9 Å². The summed E-state index contributed by atoms with van der Waals surface area (Å²) in [5.41, 5.74) is 2.68. The summed E-state index contributed by atoms with van der Waals surface area (Å²) in [5, 5.41) is 16.5. The summed E-state index contributed by atoms with van der Waals surface area (Å²) in [6, 6.07) is 15.8. The van der Waals surface area contributed by atoms with E-state index in [0.29, 0.717) is 29.9 Å². The highest BCUT2D eigenvalue weighted by atomic mass is 35.5. The number of thiazole rings is 1. The smallest absolute Gasteiger partial charge is 0.168 e. The molecule has 5 rings (SSSR count). The molecule has 1 saturated heterocycles. The number of aromatic nitrogens is 2. The molecule has 0 unspecified atom stereocenters. The van der Waals surface area contributed by atoms with Gasteiger partial charge in [-0.1, -0.05) is 28.9 Å². The molecule has 0 spiro atoms. The fraction of sp³-hybridized carbons (Fsp3) is 0.385. The molecule has 1 aliphatic heterocycles. The van der Waals surface area contributed by atoms with E-state index in [2.05, 4.69) is 26.9 Å². The lowest BCUT2D eigenvalue weighted by Gasteiger charge is -2.40. The molecule has 4 aromatic rings. The minimum atomic E-state index is -0.560. The first-order chi connectivity index (χ1) is 16.9. The number of benzene rings is 2. The fourth-order valence-electron chi connectivity index (χ4n) is 4.51. The Morgan fingerprint density at radius 1 is 1.23 bits per heavy atom. The van der Waals surface area contributed by atoms with Crippen LogP contribution in [0.15, 0.2) is 53.1 Å². The van der Waals surface area contributed by atoms with Gasteiger partial charge < -0.3 is 14.4 Å². The third kappa shape index (κ3) is 5.85. The summed E-state index contributed by atoms with van der Waals surface area (Å²) in [7, 11) is 0. The first-order valence-electron chi connectivity index (χ1n) is 11.8. The molecular formula is C26H29ClN4O3S. The summed E-state index contributed by atoms with van der Waals surface area (Å²) < 4.78 is 12.5. The molecule has 1 aliphatic rings. The average molecular weight is 513 g/mol. The van der Waals surface area contributed by atoms with Crippen molar-refractivity contribution < 1.29 is 14.4 Å². The van der Waals surface area contributed by atoms with Crippen LogP contribution >= 0.6 is 22.9 Å². The Balaban J connectivity index is 1.10. The van der Waals surface area contributed by atoms with Crippen LogP contribution in [0.25, 0.3) is 21.5 Å². The number of aliphatic hydroxyl groups excluding tert-OH is 1. The third-order valence-electron chi connectivity index (χ3n) is 6.29. The molecule has 2 aromatic carbocycles. The van der Waals surface area contributed by atoms with Crippen molar-refractivity contribution in [2.45, 2.75) is 32.5 Å². The highest BCUT2D eigenvalue weighted by molar-refractivity contribution is 7.18. The number of nitrogens with zero attached hydrogens (tertiary/aromatic N) is 4. The molecule has 2 atom stereocenters. The first-order valence-corrected chi connectivity index (χ1v) is 13.0. The molecular weight excluding hydrogens is 484 g/mol. The number of hydrogen-bond donors (Lipinski definition) is 1. The topological polar surface area (TPSA) is 74.9 Å². The number of hydrogen-bond acceptors (Lipinski definition) is 8. The van der Waals surface area contributed by atoms with Gasteiger partial charge >= 0.3 is 0 Å². The Hall–Kier alpha value is -2.49. The minimum Gasteiger partial charge on any atom is -0.491 e. The standard InChI is InChI=1S/C26H29ClN4O3S/c1-17-13-30(15-20(32)16-33-21-7-8-26-24(12-21)28-18(2)35-26)9-10-31(17)14-19-11-25(34-29-19)22-5-3-4-6-23(22)27/h3-8,11-12,17,20,32H,9-10,13-16H2,1-2H3/t17-,20+/m0/s1. The first kappa shape index (κ1) is 24.2. The van der Waals surface area contributed by atoms with Gasteiger partial charge in [0.05, 0.1) is 25.9 Å². The molecule has 0 amide bonds. The molecule has 35 heavy (non-hydrogen) atoms. The highest BCUT2D eigenvalue weighted by Gasteiger charge is 2.26. The molecule has 0 radical (unpaired) electrons. The molecule has 1 N–H and O–H groups in total. The van der Waals surface area contributed by atoms with Crippen LogP contribution in [-0.4, -0.2) is 70.0 Å². The summed E-state index contributed by atoms with van der Waals surface area (Å²) in [5.74, 6) is 1.42. The van der Waals surface area contributed by atoms with Crippen LogP contribution in [0.5, 0.6) is 5.75 Å². The number of piperazine rings is 1. The quantitative estimate of drug-likeness (QED) is 0.361. The van der Waals surface area contributed by atoms with Crippen LogP contribution < -0.4 is 4.74 Å². The molecule has 2 aromatic heterocycles. The van der Waals surface area contributed by atoms with Crippen LogP contribution in [0, 0.1) is 6.92 Å². The lowest BCUT2D eigenvalue weighted by atomic mass is 10.1. The number of aliphatic hydroxyl groups is 1. The summed E-state index contributed by atoms with van der Waals surface area (Å²) in [4.78, 5) is 9.19.